The maximum Gasteiger partial charge on any atom is 0.242 e. The zero-order chi connectivity index (χ0) is 20.2. The summed E-state index contributed by atoms with van der Waals surface area (Å²) < 4.78 is 0. The van der Waals surface area contributed by atoms with Crippen molar-refractivity contribution >= 4 is 23.6 Å². The molecular weight excluding hydrogens is 368 g/mol. The van der Waals surface area contributed by atoms with Gasteiger partial charge in [-0.25, -0.2) is 0 Å². The summed E-state index contributed by atoms with van der Waals surface area (Å²) in [6.07, 6.45) is 1.62. The summed E-state index contributed by atoms with van der Waals surface area (Å²) in [5, 5.41) is 2.91. The Kier molecular flexibility index (Phi) is 9.63. The quantitative estimate of drug-likeness (QED) is 0.624. The topological polar surface area (TPSA) is 49.4 Å². The molecule has 0 radical (unpaired) electrons. The van der Waals surface area contributed by atoms with Crippen LogP contribution < -0.4 is 5.32 Å². The first-order chi connectivity index (χ1) is 13.6. The van der Waals surface area contributed by atoms with Crippen molar-refractivity contribution in [2.24, 2.45) is 0 Å². The summed E-state index contributed by atoms with van der Waals surface area (Å²) in [6, 6.07) is 19.7. The van der Waals surface area contributed by atoms with Crippen LogP contribution in [0.15, 0.2) is 60.7 Å². The van der Waals surface area contributed by atoms with Crippen LogP contribution in [0.3, 0.4) is 0 Å². The summed E-state index contributed by atoms with van der Waals surface area (Å²) in [4.78, 5) is 27.1. The molecule has 2 amide bonds. The van der Waals surface area contributed by atoms with Crippen LogP contribution >= 0.6 is 11.8 Å². The molecule has 0 saturated heterocycles. The number of benzene rings is 2. The van der Waals surface area contributed by atoms with Gasteiger partial charge >= 0.3 is 0 Å². The van der Waals surface area contributed by atoms with E-state index in [0.717, 1.165) is 18.6 Å². The molecule has 0 spiro atoms. The third-order valence-electron chi connectivity index (χ3n) is 4.54. The molecule has 0 fully saturated rings. The molecule has 0 aromatic heterocycles. The summed E-state index contributed by atoms with van der Waals surface area (Å²) in [7, 11) is 0. The summed E-state index contributed by atoms with van der Waals surface area (Å²) in [6.45, 7) is 5.00. The minimum atomic E-state index is -0.472. The number of nitrogens with one attached hydrogen (secondary N) is 1. The van der Waals surface area contributed by atoms with Crippen molar-refractivity contribution in [2.75, 3.05) is 18.8 Å². The molecule has 2 aromatic carbocycles. The lowest BCUT2D eigenvalue weighted by Crippen LogP contribution is -2.49. The fraction of sp³-hybridized carbons (Fsp3) is 0.391. The van der Waals surface area contributed by atoms with Gasteiger partial charge in [0.1, 0.15) is 6.04 Å². The van der Waals surface area contributed by atoms with Gasteiger partial charge in [-0.1, -0.05) is 67.6 Å². The average molecular weight is 399 g/mol. The van der Waals surface area contributed by atoms with Crippen LogP contribution in [0.1, 0.15) is 31.4 Å². The predicted octanol–water partition coefficient (Wildman–Crippen LogP) is 3.91. The van der Waals surface area contributed by atoms with Gasteiger partial charge in [-0.2, -0.15) is 0 Å². The second-order valence-electron chi connectivity index (χ2n) is 6.77. The van der Waals surface area contributed by atoms with Crippen molar-refractivity contribution in [2.45, 2.75) is 38.5 Å². The van der Waals surface area contributed by atoms with Gasteiger partial charge in [0.15, 0.2) is 0 Å². The summed E-state index contributed by atoms with van der Waals surface area (Å²) in [5.41, 5.74) is 2.36. The number of carbonyl (C=O) groups excluding carboxylic acids is 2. The van der Waals surface area contributed by atoms with Crippen molar-refractivity contribution in [1.29, 1.82) is 0 Å². The molecule has 2 aromatic rings. The van der Waals surface area contributed by atoms with E-state index in [9.17, 15) is 9.59 Å². The standard InChI is InChI=1S/C23H30N2O2S/c1-3-15-24-23(27)19(2)25(16-14-20-10-6-4-7-11-20)22(26)18-28-17-21-12-8-5-9-13-21/h4-13,19H,3,14-18H2,1-2H3,(H,24,27)/t19-/m1/s1. The summed E-state index contributed by atoms with van der Waals surface area (Å²) >= 11 is 1.59. The van der Waals surface area contributed by atoms with Crippen LogP contribution in [0.2, 0.25) is 0 Å². The van der Waals surface area contributed by atoms with E-state index in [0.29, 0.717) is 18.8 Å². The molecule has 1 atom stereocenters. The Morgan fingerprint density at radius 2 is 1.61 bits per heavy atom. The van der Waals surface area contributed by atoms with Crippen molar-refractivity contribution in [3.05, 3.63) is 71.8 Å². The van der Waals surface area contributed by atoms with E-state index in [1.165, 1.54) is 11.1 Å². The molecule has 0 aliphatic rings. The van der Waals surface area contributed by atoms with Crippen LogP contribution in [0.25, 0.3) is 0 Å². The Bertz CT molecular complexity index is 722. The minimum Gasteiger partial charge on any atom is -0.354 e. The predicted molar refractivity (Wildman–Crippen MR) is 117 cm³/mol. The van der Waals surface area contributed by atoms with E-state index in [4.69, 9.17) is 0 Å². The van der Waals surface area contributed by atoms with Gasteiger partial charge in [-0.15, -0.1) is 11.8 Å². The third-order valence-corrected chi connectivity index (χ3v) is 5.53. The second kappa shape index (κ2) is 12.2. The first kappa shape index (κ1) is 22.0. The van der Waals surface area contributed by atoms with E-state index >= 15 is 0 Å². The largest absolute Gasteiger partial charge is 0.354 e. The van der Waals surface area contributed by atoms with Crippen LogP contribution in [0.4, 0.5) is 0 Å². The molecule has 1 N–H and O–H groups in total. The Hall–Kier alpha value is -2.27. The molecule has 0 bridgehead atoms. The van der Waals surface area contributed by atoms with Gasteiger partial charge in [-0.3, -0.25) is 9.59 Å². The highest BCUT2D eigenvalue weighted by molar-refractivity contribution is 7.99. The average Bonchev–Trinajstić information content (AvgIpc) is 2.73. The lowest BCUT2D eigenvalue weighted by molar-refractivity contribution is -0.137. The Balaban J connectivity index is 1.96. The molecule has 0 aliphatic heterocycles. The van der Waals surface area contributed by atoms with E-state index < -0.39 is 6.04 Å². The number of hydrogen-bond acceptors (Lipinski definition) is 3. The number of amides is 2. The molecule has 2 rings (SSSR count). The number of rotatable bonds is 11. The van der Waals surface area contributed by atoms with Gasteiger partial charge in [0.05, 0.1) is 5.75 Å². The van der Waals surface area contributed by atoms with Crippen molar-refractivity contribution < 1.29 is 9.59 Å². The van der Waals surface area contributed by atoms with Gasteiger partial charge < -0.3 is 10.2 Å². The fourth-order valence-corrected chi connectivity index (χ4v) is 3.75. The molecule has 0 heterocycles. The van der Waals surface area contributed by atoms with Crippen molar-refractivity contribution in [3.8, 4) is 0 Å². The number of hydrogen-bond donors (Lipinski definition) is 1. The van der Waals surface area contributed by atoms with Gasteiger partial charge in [0, 0.05) is 18.8 Å². The normalized spacial score (nSPS) is 11.6. The molecule has 0 unspecified atom stereocenters. The first-order valence-corrected chi connectivity index (χ1v) is 11.0. The van der Waals surface area contributed by atoms with E-state index in [1.54, 1.807) is 16.7 Å². The van der Waals surface area contributed by atoms with Gasteiger partial charge in [-0.05, 0) is 30.9 Å². The number of thioether (sulfide) groups is 1. The van der Waals surface area contributed by atoms with E-state index in [1.807, 2.05) is 50.2 Å². The summed E-state index contributed by atoms with van der Waals surface area (Å²) in [5.74, 6) is 1.08. The monoisotopic (exact) mass is 398 g/mol. The number of nitrogens with zero attached hydrogens (tertiary/aromatic N) is 1. The molecular formula is C23H30N2O2S. The highest BCUT2D eigenvalue weighted by atomic mass is 32.2. The van der Waals surface area contributed by atoms with E-state index in [2.05, 4.69) is 29.6 Å². The Morgan fingerprint density at radius 3 is 2.21 bits per heavy atom. The Morgan fingerprint density at radius 1 is 1.00 bits per heavy atom. The van der Waals surface area contributed by atoms with Gasteiger partial charge in [0.2, 0.25) is 11.8 Å². The van der Waals surface area contributed by atoms with E-state index in [-0.39, 0.29) is 11.8 Å². The zero-order valence-electron chi connectivity index (χ0n) is 16.8. The van der Waals surface area contributed by atoms with Crippen LogP contribution in [-0.4, -0.2) is 41.6 Å². The van der Waals surface area contributed by atoms with Crippen molar-refractivity contribution in [1.82, 2.24) is 10.2 Å². The Labute approximate surface area is 172 Å². The lowest BCUT2D eigenvalue weighted by atomic mass is 10.1. The maximum atomic E-state index is 12.9. The van der Waals surface area contributed by atoms with Crippen LogP contribution in [0.5, 0.6) is 0 Å². The van der Waals surface area contributed by atoms with Crippen LogP contribution in [-0.2, 0) is 21.8 Å². The number of carbonyl (C=O) groups is 2. The zero-order valence-corrected chi connectivity index (χ0v) is 17.6. The third kappa shape index (κ3) is 7.39. The minimum absolute atomic E-state index is 0.0102. The van der Waals surface area contributed by atoms with Gasteiger partial charge in [0.25, 0.3) is 0 Å². The van der Waals surface area contributed by atoms with Crippen molar-refractivity contribution in [3.63, 3.8) is 0 Å². The lowest BCUT2D eigenvalue weighted by Gasteiger charge is -2.28. The smallest absolute Gasteiger partial charge is 0.242 e. The first-order valence-electron chi connectivity index (χ1n) is 9.84. The molecule has 28 heavy (non-hydrogen) atoms. The molecule has 4 nitrogen and oxygen atoms in total. The molecule has 5 heteroatoms. The SMILES string of the molecule is CCCNC(=O)[C@@H](C)N(CCc1ccccc1)C(=O)CSCc1ccccc1. The maximum absolute atomic E-state index is 12.9. The molecule has 0 saturated carbocycles. The van der Waals surface area contributed by atoms with Crippen LogP contribution in [0, 0.1) is 0 Å². The second-order valence-corrected chi connectivity index (χ2v) is 7.75. The highest BCUT2D eigenvalue weighted by Crippen LogP contribution is 2.14. The fourth-order valence-electron chi connectivity index (χ4n) is 2.88. The molecule has 0 aliphatic carbocycles. The molecule has 150 valence electrons. The highest BCUT2D eigenvalue weighted by Gasteiger charge is 2.25.